The number of piperidine rings is 1. The van der Waals surface area contributed by atoms with Crippen molar-refractivity contribution in [2.75, 3.05) is 13.1 Å². The molecule has 2 aromatic heterocycles. The fourth-order valence-electron chi connectivity index (χ4n) is 3.04. The summed E-state index contributed by atoms with van der Waals surface area (Å²) in [4.78, 5) is 6.02. The van der Waals surface area contributed by atoms with Crippen LogP contribution in [0.1, 0.15) is 35.3 Å². The predicted octanol–water partition coefficient (Wildman–Crippen LogP) is 2.24. The second-order valence-corrected chi connectivity index (χ2v) is 9.63. The van der Waals surface area contributed by atoms with E-state index >= 15 is 0 Å². The molecular formula is C15H22N4O2S2. The number of thiazole rings is 1. The standard InChI is InChI=1S/C15H22N4O2S2/c1-11-9-16-14(22-11)15(3)5-7-19(8-6-15)23(20,21)13-10-18(4)17-12(13)2/h9-10H,5-8H2,1-4H3. The minimum absolute atomic E-state index is 0.0328. The summed E-state index contributed by atoms with van der Waals surface area (Å²) < 4.78 is 28.8. The monoisotopic (exact) mass is 354 g/mol. The van der Waals surface area contributed by atoms with Gasteiger partial charge in [-0.25, -0.2) is 13.4 Å². The number of sulfonamides is 1. The first-order chi connectivity index (χ1) is 10.7. The highest BCUT2D eigenvalue weighted by molar-refractivity contribution is 7.89. The molecule has 0 aromatic carbocycles. The zero-order valence-electron chi connectivity index (χ0n) is 13.9. The summed E-state index contributed by atoms with van der Waals surface area (Å²) >= 11 is 1.71. The molecule has 0 unspecified atom stereocenters. The molecule has 0 bridgehead atoms. The first-order valence-electron chi connectivity index (χ1n) is 7.66. The number of hydrogen-bond donors (Lipinski definition) is 0. The maximum atomic E-state index is 12.8. The SMILES string of the molecule is Cc1cnc(C2(C)CCN(S(=O)(=O)c3cn(C)nc3C)CC2)s1. The van der Waals surface area contributed by atoms with Crippen LogP contribution in [0.15, 0.2) is 17.3 Å². The van der Waals surface area contributed by atoms with Crippen molar-refractivity contribution in [1.29, 1.82) is 0 Å². The third-order valence-electron chi connectivity index (χ3n) is 4.55. The molecule has 0 saturated carbocycles. The fraction of sp³-hybridized carbons (Fsp3) is 0.600. The van der Waals surface area contributed by atoms with E-state index in [9.17, 15) is 8.42 Å². The second-order valence-electron chi connectivity index (χ2n) is 6.49. The van der Waals surface area contributed by atoms with Crippen LogP contribution in [0.4, 0.5) is 0 Å². The molecule has 0 N–H and O–H groups in total. The van der Waals surface area contributed by atoms with Crippen molar-refractivity contribution in [2.24, 2.45) is 7.05 Å². The van der Waals surface area contributed by atoms with Gasteiger partial charge in [-0.05, 0) is 26.7 Å². The topological polar surface area (TPSA) is 68.1 Å². The maximum absolute atomic E-state index is 12.8. The summed E-state index contributed by atoms with van der Waals surface area (Å²) in [5.41, 5.74) is 0.519. The first kappa shape index (κ1) is 16.6. The van der Waals surface area contributed by atoms with Crippen LogP contribution in [0, 0.1) is 13.8 Å². The van der Waals surface area contributed by atoms with E-state index in [1.165, 1.54) is 4.88 Å². The van der Waals surface area contributed by atoms with E-state index < -0.39 is 10.0 Å². The van der Waals surface area contributed by atoms with Crippen molar-refractivity contribution in [3.8, 4) is 0 Å². The van der Waals surface area contributed by atoms with Crippen LogP contribution in [0.2, 0.25) is 0 Å². The number of aryl methyl sites for hydroxylation is 3. The molecule has 2 aromatic rings. The molecule has 0 spiro atoms. The van der Waals surface area contributed by atoms with Gasteiger partial charge in [-0.1, -0.05) is 6.92 Å². The summed E-state index contributed by atoms with van der Waals surface area (Å²) in [6, 6.07) is 0. The summed E-state index contributed by atoms with van der Waals surface area (Å²) in [5, 5.41) is 5.27. The van der Waals surface area contributed by atoms with Gasteiger partial charge in [0.05, 0.1) is 10.7 Å². The molecule has 1 aliphatic heterocycles. The van der Waals surface area contributed by atoms with Gasteiger partial charge in [0.15, 0.2) is 0 Å². The van der Waals surface area contributed by atoms with Crippen LogP contribution < -0.4 is 0 Å². The molecule has 0 amide bonds. The Morgan fingerprint density at radius 1 is 1.26 bits per heavy atom. The lowest BCUT2D eigenvalue weighted by Gasteiger charge is -2.37. The molecule has 0 radical (unpaired) electrons. The van der Waals surface area contributed by atoms with E-state index in [-0.39, 0.29) is 5.41 Å². The Balaban J connectivity index is 1.80. The van der Waals surface area contributed by atoms with E-state index in [2.05, 4.69) is 23.9 Å². The Morgan fingerprint density at radius 3 is 2.39 bits per heavy atom. The van der Waals surface area contributed by atoms with Gasteiger partial charge < -0.3 is 0 Å². The molecule has 3 rings (SSSR count). The Hall–Kier alpha value is -1.25. The highest BCUT2D eigenvalue weighted by Gasteiger charge is 2.39. The van der Waals surface area contributed by atoms with Crippen molar-refractivity contribution >= 4 is 21.4 Å². The second kappa shape index (κ2) is 5.68. The molecule has 1 saturated heterocycles. The quantitative estimate of drug-likeness (QED) is 0.848. The summed E-state index contributed by atoms with van der Waals surface area (Å²) in [5.74, 6) is 0. The van der Waals surface area contributed by atoms with Gasteiger partial charge in [-0.15, -0.1) is 11.3 Å². The minimum atomic E-state index is -3.47. The Labute approximate surface area is 141 Å². The van der Waals surface area contributed by atoms with E-state index in [0.717, 1.165) is 17.8 Å². The van der Waals surface area contributed by atoms with Crippen molar-refractivity contribution in [1.82, 2.24) is 19.1 Å². The third kappa shape index (κ3) is 2.95. The zero-order valence-corrected chi connectivity index (χ0v) is 15.5. The average molecular weight is 355 g/mol. The number of hydrogen-bond acceptors (Lipinski definition) is 5. The van der Waals surface area contributed by atoms with Crippen molar-refractivity contribution in [2.45, 2.75) is 43.9 Å². The lowest BCUT2D eigenvalue weighted by atomic mass is 9.82. The van der Waals surface area contributed by atoms with Crippen molar-refractivity contribution in [3.05, 3.63) is 28.0 Å². The van der Waals surface area contributed by atoms with E-state index in [0.29, 0.717) is 23.7 Å². The Morgan fingerprint density at radius 2 is 1.91 bits per heavy atom. The van der Waals surface area contributed by atoms with E-state index in [1.807, 2.05) is 6.20 Å². The van der Waals surface area contributed by atoms with Gasteiger partial charge in [0.25, 0.3) is 0 Å². The van der Waals surface area contributed by atoms with Gasteiger partial charge >= 0.3 is 0 Å². The maximum Gasteiger partial charge on any atom is 0.246 e. The van der Waals surface area contributed by atoms with Gasteiger partial charge in [0.1, 0.15) is 4.90 Å². The molecule has 3 heterocycles. The normalized spacial score (nSPS) is 19.1. The Kier molecular flexibility index (Phi) is 4.10. The molecule has 0 aliphatic carbocycles. The van der Waals surface area contributed by atoms with Gasteiger partial charge in [-0.3, -0.25) is 4.68 Å². The Bertz CT molecular complexity index is 814. The van der Waals surface area contributed by atoms with Crippen LogP contribution in [0.25, 0.3) is 0 Å². The highest BCUT2D eigenvalue weighted by atomic mass is 32.2. The first-order valence-corrected chi connectivity index (χ1v) is 9.91. The number of nitrogens with zero attached hydrogens (tertiary/aromatic N) is 4. The largest absolute Gasteiger partial charge is 0.274 e. The molecule has 6 nitrogen and oxygen atoms in total. The predicted molar refractivity (Wildman–Crippen MR) is 90.1 cm³/mol. The van der Waals surface area contributed by atoms with Gasteiger partial charge in [0, 0.05) is 42.8 Å². The average Bonchev–Trinajstić information content (AvgIpc) is 3.06. The van der Waals surface area contributed by atoms with Crippen molar-refractivity contribution < 1.29 is 8.42 Å². The third-order valence-corrected chi connectivity index (χ3v) is 7.77. The summed E-state index contributed by atoms with van der Waals surface area (Å²) in [6.45, 7) is 7.01. The number of aromatic nitrogens is 3. The molecule has 1 fully saturated rings. The van der Waals surface area contributed by atoms with Gasteiger partial charge in [-0.2, -0.15) is 9.40 Å². The van der Waals surface area contributed by atoms with Crippen LogP contribution in [0.5, 0.6) is 0 Å². The molecular weight excluding hydrogens is 332 g/mol. The van der Waals surface area contributed by atoms with Crippen LogP contribution >= 0.6 is 11.3 Å². The summed E-state index contributed by atoms with van der Waals surface area (Å²) in [7, 11) is -1.73. The molecule has 126 valence electrons. The smallest absolute Gasteiger partial charge is 0.246 e. The van der Waals surface area contributed by atoms with Gasteiger partial charge in [0.2, 0.25) is 10.0 Å². The zero-order chi connectivity index (χ0) is 16.8. The molecule has 1 aliphatic rings. The van der Waals surface area contributed by atoms with E-state index in [4.69, 9.17) is 0 Å². The van der Waals surface area contributed by atoms with Crippen molar-refractivity contribution in [3.63, 3.8) is 0 Å². The van der Waals surface area contributed by atoms with Crippen LogP contribution in [-0.2, 0) is 22.5 Å². The number of rotatable bonds is 3. The lowest BCUT2D eigenvalue weighted by Crippen LogP contribution is -2.43. The van der Waals surface area contributed by atoms with Crippen LogP contribution in [-0.4, -0.2) is 40.6 Å². The van der Waals surface area contributed by atoms with E-state index in [1.54, 1.807) is 40.5 Å². The molecule has 0 atom stereocenters. The van der Waals surface area contributed by atoms with Crippen LogP contribution in [0.3, 0.4) is 0 Å². The molecule has 8 heteroatoms. The lowest BCUT2D eigenvalue weighted by molar-refractivity contribution is 0.248. The summed E-state index contributed by atoms with van der Waals surface area (Å²) in [6.07, 6.45) is 5.06. The highest BCUT2D eigenvalue weighted by Crippen LogP contribution is 2.38. The fourth-order valence-corrected chi connectivity index (χ4v) is 5.65. The molecule has 23 heavy (non-hydrogen) atoms. The minimum Gasteiger partial charge on any atom is -0.274 e.